The van der Waals surface area contributed by atoms with Crippen molar-refractivity contribution in [2.75, 3.05) is 13.2 Å². The number of ether oxygens (including phenoxy) is 1. The minimum absolute atomic E-state index is 0.269. The topological polar surface area (TPSA) is 38.3 Å². The molecule has 0 heterocycles. The van der Waals surface area contributed by atoms with Crippen LogP contribution in [0.5, 0.6) is 5.75 Å². The van der Waals surface area contributed by atoms with Gasteiger partial charge in [-0.3, -0.25) is 4.79 Å². The zero-order chi connectivity index (χ0) is 15.9. The van der Waals surface area contributed by atoms with Crippen LogP contribution >= 0.6 is 0 Å². The van der Waals surface area contributed by atoms with E-state index in [9.17, 15) is 9.18 Å². The lowest BCUT2D eigenvalue weighted by Gasteiger charge is -2.08. The van der Waals surface area contributed by atoms with E-state index in [4.69, 9.17) is 4.74 Å². The molecule has 0 aliphatic heterocycles. The number of rotatable bonds is 6. The van der Waals surface area contributed by atoms with Crippen LogP contribution in [0.1, 0.15) is 27.9 Å². The van der Waals surface area contributed by atoms with E-state index in [1.807, 2.05) is 31.2 Å². The van der Waals surface area contributed by atoms with Gasteiger partial charge in [-0.25, -0.2) is 4.39 Å². The van der Waals surface area contributed by atoms with Gasteiger partial charge in [0.05, 0.1) is 6.61 Å². The second-order valence-electron chi connectivity index (χ2n) is 5.24. The Hall–Kier alpha value is -2.36. The summed E-state index contributed by atoms with van der Waals surface area (Å²) in [7, 11) is 0. The van der Waals surface area contributed by atoms with Crippen molar-refractivity contribution >= 4 is 5.91 Å². The van der Waals surface area contributed by atoms with Crippen LogP contribution in [-0.2, 0) is 0 Å². The first kappa shape index (κ1) is 16.0. The minimum Gasteiger partial charge on any atom is -0.494 e. The van der Waals surface area contributed by atoms with Crippen molar-refractivity contribution in [3.63, 3.8) is 0 Å². The van der Waals surface area contributed by atoms with Crippen LogP contribution in [0.3, 0.4) is 0 Å². The molecule has 116 valence electrons. The molecular weight excluding hydrogens is 281 g/mol. The Morgan fingerprint density at radius 1 is 1.18 bits per heavy atom. The van der Waals surface area contributed by atoms with Gasteiger partial charge < -0.3 is 10.1 Å². The molecule has 0 saturated carbocycles. The average Bonchev–Trinajstić information content (AvgIpc) is 2.49. The van der Waals surface area contributed by atoms with Gasteiger partial charge in [0, 0.05) is 12.1 Å². The number of nitrogens with one attached hydrogen (secondary N) is 1. The monoisotopic (exact) mass is 301 g/mol. The molecule has 0 radical (unpaired) electrons. The van der Waals surface area contributed by atoms with Crippen LogP contribution in [0.2, 0.25) is 0 Å². The number of carbonyl (C=O) groups is 1. The third kappa shape index (κ3) is 4.58. The summed E-state index contributed by atoms with van der Waals surface area (Å²) in [5.41, 5.74) is 2.01. The Kier molecular flexibility index (Phi) is 5.53. The lowest BCUT2D eigenvalue weighted by molar-refractivity contribution is 0.0951. The molecule has 0 aromatic heterocycles. The Morgan fingerprint density at radius 3 is 2.73 bits per heavy atom. The van der Waals surface area contributed by atoms with E-state index < -0.39 is 0 Å². The molecule has 0 fully saturated rings. The summed E-state index contributed by atoms with van der Waals surface area (Å²) in [6.07, 6.45) is 0.689. The van der Waals surface area contributed by atoms with Gasteiger partial charge in [-0.1, -0.05) is 18.2 Å². The van der Waals surface area contributed by atoms with Gasteiger partial charge in [0.2, 0.25) is 0 Å². The van der Waals surface area contributed by atoms with E-state index in [0.29, 0.717) is 30.7 Å². The number of benzene rings is 2. The number of aryl methyl sites for hydroxylation is 2. The zero-order valence-electron chi connectivity index (χ0n) is 12.9. The van der Waals surface area contributed by atoms with Gasteiger partial charge in [0.1, 0.15) is 11.6 Å². The van der Waals surface area contributed by atoms with Crippen LogP contribution < -0.4 is 10.1 Å². The van der Waals surface area contributed by atoms with Crippen LogP contribution in [-0.4, -0.2) is 19.1 Å². The fourth-order valence-corrected chi connectivity index (χ4v) is 2.01. The van der Waals surface area contributed by atoms with Gasteiger partial charge in [-0.05, 0) is 55.7 Å². The fraction of sp³-hybridized carbons (Fsp3) is 0.278. The van der Waals surface area contributed by atoms with Crippen LogP contribution in [0.25, 0.3) is 0 Å². The summed E-state index contributed by atoms with van der Waals surface area (Å²) in [6, 6.07) is 12.3. The minimum atomic E-state index is -0.365. The predicted octanol–water partition coefficient (Wildman–Crippen LogP) is 3.64. The Labute approximate surface area is 130 Å². The van der Waals surface area contributed by atoms with E-state index in [1.54, 1.807) is 19.1 Å². The SMILES string of the molecule is Cc1cccc(OCCCNC(=O)c2ccc(C)c(F)c2)c1. The Bertz CT molecular complexity index is 655. The number of amides is 1. The lowest BCUT2D eigenvalue weighted by atomic mass is 10.1. The van der Waals surface area contributed by atoms with Crippen molar-refractivity contribution in [2.45, 2.75) is 20.3 Å². The highest BCUT2D eigenvalue weighted by Gasteiger charge is 2.07. The first-order chi connectivity index (χ1) is 10.6. The highest BCUT2D eigenvalue weighted by atomic mass is 19.1. The summed E-state index contributed by atoms with van der Waals surface area (Å²) < 4.78 is 19.0. The van der Waals surface area contributed by atoms with E-state index in [-0.39, 0.29) is 11.7 Å². The number of hydrogen-bond acceptors (Lipinski definition) is 2. The van der Waals surface area contributed by atoms with Crippen molar-refractivity contribution in [1.29, 1.82) is 0 Å². The molecule has 4 heteroatoms. The van der Waals surface area contributed by atoms with E-state index >= 15 is 0 Å². The second kappa shape index (κ2) is 7.59. The molecule has 2 rings (SSSR count). The summed E-state index contributed by atoms with van der Waals surface area (Å²) in [6.45, 7) is 4.68. The molecule has 1 amide bonds. The smallest absolute Gasteiger partial charge is 0.251 e. The van der Waals surface area contributed by atoms with Crippen molar-refractivity contribution in [1.82, 2.24) is 5.32 Å². The number of hydrogen-bond donors (Lipinski definition) is 1. The highest BCUT2D eigenvalue weighted by molar-refractivity contribution is 5.94. The third-order valence-electron chi connectivity index (χ3n) is 3.30. The van der Waals surface area contributed by atoms with Crippen LogP contribution in [0.4, 0.5) is 4.39 Å². The van der Waals surface area contributed by atoms with E-state index in [0.717, 1.165) is 11.3 Å². The Balaban J connectivity index is 1.72. The maximum Gasteiger partial charge on any atom is 0.251 e. The molecule has 0 aliphatic carbocycles. The maximum atomic E-state index is 13.4. The highest BCUT2D eigenvalue weighted by Crippen LogP contribution is 2.12. The normalized spacial score (nSPS) is 10.3. The summed E-state index contributed by atoms with van der Waals surface area (Å²) in [5.74, 6) is 0.191. The van der Waals surface area contributed by atoms with E-state index in [2.05, 4.69) is 5.32 Å². The molecule has 3 nitrogen and oxygen atoms in total. The third-order valence-corrected chi connectivity index (χ3v) is 3.30. The van der Waals surface area contributed by atoms with Crippen molar-refractivity contribution < 1.29 is 13.9 Å². The quantitative estimate of drug-likeness (QED) is 0.827. The van der Waals surface area contributed by atoms with Crippen LogP contribution in [0.15, 0.2) is 42.5 Å². The van der Waals surface area contributed by atoms with Gasteiger partial charge in [0.25, 0.3) is 5.91 Å². The molecule has 2 aromatic carbocycles. The molecule has 0 spiro atoms. The largest absolute Gasteiger partial charge is 0.494 e. The molecule has 2 aromatic rings. The summed E-state index contributed by atoms with van der Waals surface area (Å²) >= 11 is 0. The predicted molar refractivity (Wildman–Crippen MR) is 84.8 cm³/mol. The number of halogens is 1. The van der Waals surface area contributed by atoms with E-state index in [1.165, 1.54) is 6.07 Å². The first-order valence-electron chi connectivity index (χ1n) is 7.30. The standard InChI is InChI=1S/C18H20FNO2/c1-13-5-3-6-16(11-13)22-10-4-9-20-18(21)15-8-7-14(2)17(19)12-15/h3,5-8,11-12H,4,9-10H2,1-2H3,(H,20,21). The molecule has 1 N–H and O–H groups in total. The van der Waals surface area contributed by atoms with Crippen LogP contribution in [0, 0.1) is 19.7 Å². The molecule has 0 saturated heterocycles. The van der Waals surface area contributed by atoms with Gasteiger partial charge in [-0.15, -0.1) is 0 Å². The summed E-state index contributed by atoms with van der Waals surface area (Å²) in [5, 5.41) is 2.76. The molecule has 0 aliphatic rings. The van der Waals surface area contributed by atoms with Gasteiger partial charge in [-0.2, -0.15) is 0 Å². The fourth-order valence-electron chi connectivity index (χ4n) is 2.01. The second-order valence-corrected chi connectivity index (χ2v) is 5.24. The first-order valence-corrected chi connectivity index (χ1v) is 7.30. The lowest BCUT2D eigenvalue weighted by Crippen LogP contribution is -2.25. The van der Waals surface area contributed by atoms with Crippen molar-refractivity contribution in [2.24, 2.45) is 0 Å². The molecular formula is C18H20FNO2. The van der Waals surface area contributed by atoms with Gasteiger partial charge in [0.15, 0.2) is 0 Å². The number of carbonyl (C=O) groups excluding carboxylic acids is 1. The average molecular weight is 301 g/mol. The zero-order valence-corrected chi connectivity index (χ0v) is 12.9. The molecule has 0 unspecified atom stereocenters. The molecule has 22 heavy (non-hydrogen) atoms. The maximum absolute atomic E-state index is 13.4. The molecule has 0 bridgehead atoms. The summed E-state index contributed by atoms with van der Waals surface area (Å²) in [4.78, 5) is 11.9. The van der Waals surface area contributed by atoms with Crippen molar-refractivity contribution in [3.05, 3.63) is 65.0 Å². The Morgan fingerprint density at radius 2 is 2.00 bits per heavy atom. The van der Waals surface area contributed by atoms with Gasteiger partial charge >= 0.3 is 0 Å². The molecule has 0 atom stereocenters. The van der Waals surface area contributed by atoms with Crippen molar-refractivity contribution in [3.8, 4) is 5.75 Å².